The predicted molar refractivity (Wildman–Crippen MR) is 76.8 cm³/mol. The molecule has 0 amide bonds. The summed E-state index contributed by atoms with van der Waals surface area (Å²) in [6, 6.07) is 5.25. The van der Waals surface area contributed by atoms with Gasteiger partial charge >= 0.3 is 0 Å². The standard InChI is InChI=1S/C15H13F2N3O2/c1-8-5-14(18-7-13(8)20(21)22)19-12-6-9(12)15-10(16)3-2-4-11(15)17/h2-5,7,9,12H,6H2,1H3,(H,18,19). The Labute approximate surface area is 125 Å². The summed E-state index contributed by atoms with van der Waals surface area (Å²) in [6.07, 6.45) is 1.77. The lowest BCUT2D eigenvalue weighted by Crippen LogP contribution is -2.08. The van der Waals surface area contributed by atoms with Crippen LogP contribution >= 0.6 is 0 Å². The molecule has 1 aromatic carbocycles. The molecule has 2 unspecified atom stereocenters. The van der Waals surface area contributed by atoms with Crippen LogP contribution in [0.3, 0.4) is 0 Å². The molecule has 1 N–H and O–H groups in total. The van der Waals surface area contributed by atoms with Crippen molar-refractivity contribution in [2.45, 2.75) is 25.3 Å². The average molecular weight is 305 g/mol. The summed E-state index contributed by atoms with van der Waals surface area (Å²) in [7, 11) is 0. The van der Waals surface area contributed by atoms with Crippen LogP contribution in [-0.4, -0.2) is 15.9 Å². The Kier molecular flexibility index (Phi) is 3.48. The Morgan fingerprint density at radius 2 is 2.05 bits per heavy atom. The van der Waals surface area contributed by atoms with Gasteiger partial charge in [0.05, 0.1) is 4.92 Å². The van der Waals surface area contributed by atoms with E-state index in [0.29, 0.717) is 17.8 Å². The van der Waals surface area contributed by atoms with Crippen molar-refractivity contribution in [3.8, 4) is 0 Å². The Morgan fingerprint density at radius 3 is 2.64 bits per heavy atom. The molecule has 1 aliphatic rings. The van der Waals surface area contributed by atoms with E-state index in [1.54, 1.807) is 13.0 Å². The summed E-state index contributed by atoms with van der Waals surface area (Å²) >= 11 is 0. The van der Waals surface area contributed by atoms with E-state index < -0.39 is 16.6 Å². The molecule has 114 valence electrons. The van der Waals surface area contributed by atoms with Crippen LogP contribution in [0.1, 0.15) is 23.5 Å². The molecule has 5 nitrogen and oxygen atoms in total. The fraction of sp³-hybridized carbons (Fsp3) is 0.267. The van der Waals surface area contributed by atoms with E-state index in [0.717, 1.165) is 0 Å². The van der Waals surface area contributed by atoms with Crippen LogP contribution < -0.4 is 5.32 Å². The fourth-order valence-electron chi connectivity index (χ4n) is 2.55. The second kappa shape index (κ2) is 5.32. The third-order valence-corrected chi connectivity index (χ3v) is 3.77. The van der Waals surface area contributed by atoms with Gasteiger partial charge in [-0.25, -0.2) is 13.8 Å². The molecule has 1 fully saturated rings. The minimum atomic E-state index is -0.554. The molecular formula is C15H13F2N3O2. The van der Waals surface area contributed by atoms with Crippen molar-refractivity contribution in [1.82, 2.24) is 4.98 Å². The zero-order chi connectivity index (χ0) is 15.9. The first-order valence-electron chi connectivity index (χ1n) is 6.79. The smallest absolute Gasteiger partial charge is 0.290 e. The van der Waals surface area contributed by atoms with Gasteiger partial charge in [-0.15, -0.1) is 0 Å². The molecule has 0 aliphatic heterocycles. The number of aromatic nitrogens is 1. The Hall–Kier alpha value is -2.57. The first-order valence-corrected chi connectivity index (χ1v) is 6.79. The van der Waals surface area contributed by atoms with Crippen LogP contribution in [0, 0.1) is 28.7 Å². The first kappa shape index (κ1) is 14.4. The van der Waals surface area contributed by atoms with Crippen molar-refractivity contribution in [1.29, 1.82) is 0 Å². The molecule has 22 heavy (non-hydrogen) atoms. The molecule has 7 heteroatoms. The minimum Gasteiger partial charge on any atom is -0.367 e. The summed E-state index contributed by atoms with van der Waals surface area (Å²) in [5.41, 5.74) is 0.508. The topological polar surface area (TPSA) is 68.1 Å². The zero-order valence-corrected chi connectivity index (χ0v) is 11.7. The normalized spacial score (nSPS) is 19.8. The van der Waals surface area contributed by atoms with Gasteiger partial charge in [0.15, 0.2) is 0 Å². The average Bonchev–Trinajstić information content (AvgIpc) is 3.17. The Balaban J connectivity index is 1.74. The number of rotatable bonds is 4. The second-order valence-electron chi connectivity index (χ2n) is 5.34. The van der Waals surface area contributed by atoms with E-state index in [4.69, 9.17) is 0 Å². The molecule has 0 bridgehead atoms. The van der Waals surface area contributed by atoms with Crippen molar-refractivity contribution in [2.24, 2.45) is 0 Å². The number of benzene rings is 1. The number of nitrogens with one attached hydrogen (secondary N) is 1. The van der Waals surface area contributed by atoms with E-state index in [1.165, 1.54) is 24.4 Å². The number of hydrogen-bond acceptors (Lipinski definition) is 4. The molecule has 1 heterocycles. The lowest BCUT2D eigenvalue weighted by Gasteiger charge is -2.07. The van der Waals surface area contributed by atoms with Crippen molar-refractivity contribution >= 4 is 11.5 Å². The summed E-state index contributed by atoms with van der Waals surface area (Å²) in [5.74, 6) is -0.893. The van der Waals surface area contributed by atoms with Gasteiger partial charge in [-0.05, 0) is 31.5 Å². The SMILES string of the molecule is Cc1cc(NC2CC2c2c(F)cccc2F)ncc1[N+](=O)[O-]. The number of aryl methyl sites for hydroxylation is 1. The van der Waals surface area contributed by atoms with Gasteiger partial charge < -0.3 is 5.32 Å². The van der Waals surface area contributed by atoms with Crippen LogP contribution in [0.15, 0.2) is 30.5 Å². The monoisotopic (exact) mass is 305 g/mol. The maximum Gasteiger partial charge on any atom is 0.290 e. The van der Waals surface area contributed by atoms with E-state index >= 15 is 0 Å². The quantitative estimate of drug-likeness (QED) is 0.693. The highest BCUT2D eigenvalue weighted by molar-refractivity contribution is 5.49. The van der Waals surface area contributed by atoms with Gasteiger partial charge in [0.2, 0.25) is 0 Å². The number of pyridine rings is 1. The summed E-state index contributed by atoms with van der Waals surface area (Å²) < 4.78 is 27.4. The molecule has 0 spiro atoms. The van der Waals surface area contributed by atoms with E-state index in [-0.39, 0.29) is 23.2 Å². The summed E-state index contributed by atoms with van der Waals surface area (Å²) in [5, 5.41) is 13.8. The highest BCUT2D eigenvalue weighted by atomic mass is 19.1. The van der Waals surface area contributed by atoms with Gasteiger partial charge in [0, 0.05) is 23.1 Å². The van der Waals surface area contributed by atoms with Crippen molar-refractivity contribution < 1.29 is 13.7 Å². The third-order valence-electron chi connectivity index (χ3n) is 3.77. The van der Waals surface area contributed by atoms with Gasteiger partial charge in [0.25, 0.3) is 5.69 Å². The third kappa shape index (κ3) is 2.61. The number of halogens is 2. The molecule has 2 aromatic rings. The van der Waals surface area contributed by atoms with Crippen LogP contribution in [0.25, 0.3) is 0 Å². The van der Waals surface area contributed by atoms with Crippen LogP contribution in [0.4, 0.5) is 20.3 Å². The van der Waals surface area contributed by atoms with Crippen LogP contribution in [-0.2, 0) is 0 Å². The van der Waals surface area contributed by atoms with Crippen LogP contribution in [0.5, 0.6) is 0 Å². The van der Waals surface area contributed by atoms with Crippen molar-refractivity contribution in [2.75, 3.05) is 5.32 Å². The lowest BCUT2D eigenvalue weighted by atomic mass is 10.1. The Morgan fingerprint density at radius 1 is 1.36 bits per heavy atom. The first-order chi connectivity index (χ1) is 10.5. The van der Waals surface area contributed by atoms with Gasteiger partial charge in [0.1, 0.15) is 23.6 Å². The van der Waals surface area contributed by atoms with E-state index in [1.807, 2.05) is 0 Å². The van der Waals surface area contributed by atoms with Crippen LogP contribution in [0.2, 0.25) is 0 Å². The van der Waals surface area contributed by atoms with Gasteiger partial charge in [-0.1, -0.05) is 6.07 Å². The Bertz CT molecular complexity index is 731. The molecule has 0 radical (unpaired) electrons. The van der Waals surface area contributed by atoms with E-state index in [9.17, 15) is 18.9 Å². The van der Waals surface area contributed by atoms with Crippen molar-refractivity contribution in [3.05, 3.63) is 63.3 Å². The number of nitro groups is 1. The molecule has 3 rings (SSSR count). The fourth-order valence-corrected chi connectivity index (χ4v) is 2.55. The maximum atomic E-state index is 13.7. The number of nitrogens with zero attached hydrogens (tertiary/aromatic N) is 2. The number of anilines is 1. The summed E-state index contributed by atoms with van der Waals surface area (Å²) in [4.78, 5) is 14.2. The second-order valence-corrected chi connectivity index (χ2v) is 5.34. The van der Waals surface area contributed by atoms with Crippen molar-refractivity contribution in [3.63, 3.8) is 0 Å². The molecule has 1 aliphatic carbocycles. The molecular weight excluding hydrogens is 292 g/mol. The lowest BCUT2D eigenvalue weighted by molar-refractivity contribution is -0.385. The number of hydrogen-bond donors (Lipinski definition) is 1. The predicted octanol–water partition coefficient (Wildman–Crippen LogP) is 3.54. The zero-order valence-electron chi connectivity index (χ0n) is 11.7. The molecule has 1 aromatic heterocycles. The molecule has 2 atom stereocenters. The highest BCUT2D eigenvalue weighted by Crippen LogP contribution is 2.44. The maximum absolute atomic E-state index is 13.7. The molecule has 0 saturated heterocycles. The minimum absolute atomic E-state index is 0.0574. The summed E-state index contributed by atoms with van der Waals surface area (Å²) in [6.45, 7) is 1.62. The highest BCUT2D eigenvalue weighted by Gasteiger charge is 2.42. The van der Waals surface area contributed by atoms with Gasteiger partial charge in [-0.3, -0.25) is 10.1 Å². The van der Waals surface area contributed by atoms with E-state index in [2.05, 4.69) is 10.3 Å². The van der Waals surface area contributed by atoms with Gasteiger partial charge in [-0.2, -0.15) is 0 Å². The molecule has 1 saturated carbocycles. The largest absolute Gasteiger partial charge is 0.367 e.